The second-order valence-corrected chi connectivity index (χ2v) is 8.86. The summed E-state index contributed by atoms with van der Waals surface area (Å²) in [6, 6.07) is 7.81. The third-order valence-electron chi connectivity index (χ3n) is 5.86. The SMILES string of the molecule is CCCCCCc1nc(CCCNc2ccnc3cc(Cl)ccc23)nc(N2CCOCC2)n1. The van der Waals surface area contributed by atoms with E-state index in [9.17, 15) is 0 Å². The summed E-state index contributed by atoms with van der Waals surface area (Å²) in [6.45, 7) is 6.17. The van der Waals surface area contributed by atoms with Crippen molar-refractivity contribution in [3.8, 4) is 0 Å². The average Bonchev–Trinajstić information content (AvgIpc) is 2.85. The molecule has 0 aliphatic carbocycles. The summed E-state index contributed by atoms with van der Waals surface area (Å²) in [5.41, 5.74) is 1.96. The number of aromatic nitrogens is 4. The Labute approximate surface area is 201 Å². The normalized spacial score (nSPS) is 14.1. The lowest BCUT2D eigenvalue weighted by atomic mass is 10.1. The molecule has 1 aromatic carbocycles. The van der Waals surface area contributed by atoms with Gasteiger partial charge in [-0.3, -0.25) is 4.98 Å². The molecule has 3 heterocycles. The largest absolute Gasteiger partial charge is 0.384 e. The van der Waals surface area contributed by atoms with Crippen LogP contribution in [-0.4, -0.2) is 52.8 Å². The molecule has 0 atom stereocenters. The first-order valence-corrected chi connectivity index (χ1v) is 12.5. The van der Waals surface area contributed by atoms with Crippen molar-refractivity contribution in [2.75, 3.05) is 43.1 Å². The highest BCUT2D eigenvalue weighted by Crippen LogP contribution is 2.24. The number of ether oxygens (including phenoxy) is 1. The summed E-state index contributed by atoms with van der Waals surface area (Å²) in [5.74, 6) is 2.60. The fraction of sp³-hybridized carbons (Fsp3) is 0.520. The number of halogens is 1. The van der Waals surface area contributed by atoms with Crippen molar-refractivity contribution in [2.24, 2.45) is 0 Å². The molecule has 1 N–H and O–H groups in total. The van der Waals surface area contributed by atoms with Crippen molar-refractivity contribution < 1.29 is 4.74 Å². The Morgan fingerprint density at radius 1 is 0.970 bits per heavy atom. The molecule has 176 valence electrons. The van der Waals surface area contributed by atoms with E-state index in [0.29, 0.717) is 5.02 Å². The van der Waals surface area contributed by atoms with Gasteiger partial charge in [-0.15, -0.1) is 0 Å². The lowest BCUT2D eigenvalue weighted by Crippen LogP contribution is -2.37. The van der Waals surface area contributed by atoms with Crippen molar-refractivity contribution in [1.82, 2.24) is 19.9 Å². The number of unbranched alkanes of at least 4 members (excludes halogenated alkanes) is 3. The van der Waals surface area contributed by atoms with Crippen molar-refractivity contribution in [1.29, 1.82) is 0 Å². The van der Waals surface area contributed by atoms with E-state index in [2.05, 4.69) is 22.1 Å². The molecule has 0 saturated carbocycles. The molecule has 8 heteroatoms. The van der Waals surface area contributed by atoms with E-state index in [1.165, 1.54) is 19.3 Å². The zero-order valence-electron chi connectivity index (χ0n) is 19.4. The van der Waals surface area contributed by atoms with Gasteiger partial charge in [-0.25, -0.2) is 4.98 Å². The van der Waals surface area contributed by atoms with Crippen LogP contribution in [0, 0.1) is 0 Å². The molecule has 4 rings (SSSR count). The Morgan fingerprint density at radius 3 is 2.55 bits per heavy atom. The fourth-order valence-corrected chi connectivity index (χ4v) is 4.20. The molecule has 3 aromatic rings. The highest BCUT2D eigenvalue weighted by Gasteiger charge is 2.16. The lowest BCUT2D eigenvalue weighted by Gasteiger charge is -2.27. The number of fused-ring (bicyclic) bond motifs is 1. The zero-order chi connectivity index (χ0) is 22.9. The minimum Gasteiger partial charge on any atom is -0.384 e. The third-order valence-corrected chi connectivity index (χ3v) is 6.10. The summed E-state index contributed by atoms with van der Waals surface area (Å²) < 4.78 is 5.50. The standard InChI is InChI=1S/C25H33ClN6O/c1-2-3-4-5-7-23-29-24(31-25(30-23)32-14-16-33-17-15-32)8-6-12-27-21-11-13-28-22-18-19(26)9-10-20(21)22/h9-11,13,18H,2-8,12,14-17H2,1H3,(H,27,28). The van der Waals surface area contributed by atoms with Gasteiger partial charge < -0.3 is 15.0 Å². The summed E-state index contributed by atoms with van der Waals surface area (Å²) in [6.07, 6.45) is 9.30. The number of morpholine rings is 1. The molecule has 1 saturated heterocycles. The van der Waals surface area contributed by atoms with Crippen LogP contribution in [0.3, 0.4) is 0 Å². The van der Waals surface area contributed by atoms with E-state index in [0.717, 1.165) is 92.7 Å². The maximum Gasteiger partial charge on any atom is 0.229 e. The van der Waals surface area contributed by atoms with Gasteiger partial charge in [0.25, 0.3) is 0 Å². The zero-order valence-corrected chi connectivity index (χ0v) is 20.2. The van der Waals surface area contributed by atoms with Crippen LogP contribution >= 0.6 is 11.6 Å². The van der Waals surface area contributed by atoms with Crippen LogP contribution in [0.15, 0.2) is 30.5 Å². The van der Waals surface area contributed by atoms with Gasteiger partial charge in [0.05, 0.1) is 18.7 Å². The number of pyridine rings is 1. The highest BCUT2D eigenvalue weighted by molar-refractivity contribution is 6.31. The van der Waals surface area contributed by atoms with Crippen molar-refractivity contribution in [2.45, 2.75) is 51.9 Å². The van der Waals surface area contributed by atoms with Crippen LogP contribution in [0.1, 0.15) is 50.7 Å². The molecule has 7 nitrogen and oxygen atoms in total. The Hall–Kier alpha value is -2.51. The highest BCUT2D eigenvalue weighted by atomic mass is 35.5. The molecule has 0 radical (unpaired) electrons. The van der Waals surface area contributed by atoms with Crippen LogP contribution in [0.25, 0.3) is 10.9 Å². The summed E-state index contributed by atoms with van der Waals surface area (Å²) in [4.78, 5) is 21.0. The van der Waals surface area contributed by atoms with Gasteiger partial charge in [-0.2, -0.15) is 9.97 Å². The van der Waals surface area contributed by atoms with Gasteiger partial charge in [0.1, 0.15) is 11.6 Å². The van der Waals surface area contributed by atoms with E-state index >= 15 is 0 Å². The molecule has 2 aromatic heterocycles. The first-order chi connectivity index (χ1) is 16.2. The molecular weight excluding hydrogens is 436 g/mol. The maximum absolute atomic E-state index is 6.10. The number of nitrogens with zero attached hydrogens (tertiary/aromatic N) is 5. The van der Waals surface area contributed by atoms with Gasteiger partial charge in [0.2, 0.25) is 5.95 Å². The number of anilines is 2. The Morgan fingerprint density at radius 2 is 1.76 bits per heavy atom. The predicted octanol–water partition coefficient (Wildman–Crippen LogP) is 5.08. The van der Waals surface area contributed by atoms with Crippen molar-refractivity contribution >= 4 is 34.1 Å². The van der Waals surface area contributed by atoms with Crippen molar-refractivity contribution in [3.05, 3.63) is 47.1 Å². The Bertz CT molecular complexity index is 1040. The monoisotopic (exact) mass is 468 g/mol. The molecule has 0 unspecified atom stereocenters. The van der Waals surface area contributed by atoms with Gasteiger partial charge in [0, 0.05) is 54.8 Å². The van der Waals surface area contributed by atoms with Gasteiger partial charge in [-0.05, 0) is 37.1 Å². The van der Waals surface area contributed by atoms with Crippen LogP contribution in [0.5, 0.6) is 0 Å². The number of hydrogen-bond acceptors (Lipinski definition) is 7. The van der Waals surface area contributed by atoms with Crippen LogP contribution in [0.4, 0.5) is 11.6 Å². The third kappa shape index (κ3) is 6.74. The number of benzene rings is 1. The van der Waals surface area contributed by atoms with Crippen molar-refractivity contribution in [3.63, 3.8) is 0 Å². The topological polar surface area (TPSA) is 76.1 Å². The first-order valence-electron chi connectivity index (χ1n) is 12.1. The number of aryl methyl sites for hydroxylation is 2. The number of rotatable bonds is 11. The van der Waals surface area contributed by atoms with Gasteiger partial charge in [0.15, 0.2) is 0 Å². The molecule has 1 fully saturated rings. The quantitative estimate of drug-likeness (QED) is 0.393. The molecule has 0 spiro atoms. The molecular formula is C25H33ClN6O. The average molecular weight is 469 g/mol. The number of nitrogens with one attached hydrogen (secondary N) is 1. The molecule has 1 aliphatic rings. The van der Waals surface area contributed by atoms with E-state index in [1.807, 2.05) is 30.5 Å². The number of hydrogen-bond donors (Lipinski definition) is 1. The minimum atomic E-state index is 0.698. The fourth-order valence-electron chi connectivity index (χ4n) is 4.04. The Balaban J connectivity index is 1.39. The predicted molar refractivity (Wildman–Crippen MR) is 134 cm³/mol. The van der Waals surface area contributed by atoms with E-state index in [1.54, 1.807) is 0 Å². The second-order valence-electron chi connectivity index (χ2n) is 8.43. The summed E-state index contributed by atoms with van der Waals surface area (Å²) >= 11 is 6.10. The maximum atomic E-state index is 6.10. The lowest BCUT2D eigenvalue weighted by molar-refractivity contribution is 0.122. The van der Waals surface area contributed by atoms with Crippen LogP contribution < -0.4 is 10.2 Å². The van der Waals surface area contributed by atoms with E-state index < -0.39 is 0 Å². The van der Waals surface area contributed by atoms with Gasteiger partial charge in [-0.1, -0.05) is 37.8 Å². The minimum absolute atomic E-state index is 0.698. The van der Waals surface area contributed by atoms with E-state index in [-0.39, 0.29) is 0 Å². The summed E-state index contributed by atoms with van der Waals surface area (Å²) in [7, 11) is 0. The smallest absolute Gasteiger partial charge is 0.229 e. The second kappa shape index (κ2) is 12.1. The molecule has 0 bridgehead atoms. The van der Waals surface area contributed by atoms with Gasteiger partial charge >= 0.3 is 0 Å². The molecule has 1 aliphatic heterocycles. The van der Waals surface area contributed by atoms with Crippen LogP contribution in [0.2, 0.25) is 5.02 Å². The first kappa shape index (κ1) is 23.6. The van der Waals surface area contributed by atoms with Crippen LogP contribution in [-0.2, 0) is 17.6 Å². The summed E-state index contributed by atoms with van der Waals surface area (Å²) in [5, 5.41) is 5.31. The molecule has 33 heavy (non-hydrogen) atoms. The Kier molecular flexibility index (Phi) is 8.66. The molecule has 0 amide bonds. The van der Waals surface area contributed by atoms with E-state index in [4.69, 9.17) is 31.3 Å².